The molecule has 4 heterocycles. The molecule has 3 aliphatic rings. The fraction of sp³-hybridized carbons (Fsp3) is 0.434. The van der Waals surface area contributed by atoms with Crippen LogP contribution in [0.1, 0.15) is 86.9 Å². The van der Waals surface area contributed by atoms with Gasteiger partial charge in [0.25, 0.3) is 5.91 Å². The number of aromatic nitrogens is 3. The molecule has 19 heteroatoms. The van der Waals surface area contributed by atoms with Gasteiger partial charge in [-0.2, -0.15) is 15.1 Å². The monoisotopic (exact) mass is 1000 g/mol. The van der Waals surface area contributed by atoms with E-state index in [2.05, 4.69) is 46.3 Å². The Morgan fingerprint density at radius 2 is 1.75 bits per heavy atom. The summed E-state index contributed by atoms with van der Waals surface area (Å²) in [5.41, 5.74) is 8.20. The summed E-state index contributed by atoms with van der Waals surface area (Å²) in [6.45, 7) is 11.9. The van der Waals surface area contributed by atoms with Crippen LogP contribution in [0.15, 0.2) is 89.5 Å². The SMILES string of the molecule is Cc1cccc(/C=N/Nc2cc(N3CCOCC3)nc(OCCc3ccc(NC(=O)CC[C@H](NC(=O)[C@@H]4C[C@@H](O)CN4C(=O)[C@@H](NC(=O)C4(F)CC4)C(C)(C)C)c4ccc(-c5scnc5C)cc4)cc3)n2)c1. The highest BCUT2D eigenvalue weighted by Crippen LogP contribution is 2.40. The Morgan fingerprint density at radius 1 is 1.00 bits per heavy atom. The van der Waals surface area contributed by atoms with Gasteiger partial charge in [-0.1, -0.05) is 87.0 Å². The number of alkyl halides is 1. The molecule has 380 valence electrons. The van der Waals surface area contributed by atoms with Crippen molar-refractivity contribution in [1.29, 1.82) is 0 Å². The van der Waals surface area contributed by atoms with Crippen LogP contribution >= 0.6 is 11.3 Å². The zero-order chi connectivity index (χ0) is 51.0. The van der Waals surface area contributed by atoms with Crippen LogP contribution in [0, 0.1) is 19.3 Å². The fourth-order valence-electron chi connectivity index (χ4n) is 8.68. The van der Waals surface area contributed by atoms with Crippen LogP contribution < -0.4 is 31.0 Å². The average Bonchev–Trinajstić information content (AvgIpc) is 3.77. The molecule has 2 saturated heterocycles. The first kappa shape index (κ1) is 51.5. The van der Waals surface area contributed by atoms with Crippen molar-refractivity contribution in [2.24, 2.45) is 10.5 Å². The van der Waals surface area contributed by atoms with Crippen LogP contribution in [0.5, 0.6) is 6.01 Å². The standard InChI is InChI=1S/C53H63FN10O7S/c1-33-7-6-8-36(27-33)30-56-62-43-29-44(63-22-25-70-26-23-63)60-51(59-43)71-24-19-35-9-15-39(16-10-35)57-45(66)18-17-41(37-11-13-38(14-12-37)46-34(2)55-32-72-46)58-48(67)42-28-40(65)31-64(42)49(68)47(52(3,4)5)61-50(69)53(54)20-21-53/h6-16,27,29-30,32,40-42,47,65H,17-26,28,31H2,1-5H3,(H,57,66)(H,58,67)(H,61,69)(H,59,60,62)/b56-30+/t40-,41+,42+,47-/m1/s1. The number of rotatable bonds is 19. The number of hydrogen-bond acceptors (Lipinski definition) is 14. The molecule has 3 fully saturated rings. The molecule has 3 aromatic carbocycles. The minimum Gasteiger partial charge on any atom is -0.463 e. The van der Waals surface area contributed by atoms with Crippen molar-refractivity contribution in [3.05, 3.63) is 112 Å². The van der Waals surface area contributed by atoms with E-state index in [0.717, 1.165) is 38.4 Å². The molecule has 17 nitrogen and oxygen atoms in total. The van der Waals surface area contributed by atoms with Gasteiger partial charge < -0.3 is 40.3 Å². The minimum atomic E-state index is -2.00. The number of thiazole rings is 1. The van der Waals surface area contributed by atoms with Gasteiger partial charge in [0.15, 0.2) is 11.5 Å². The first-order valence-electron chi connectivity index (χ1n) is 24.4. The van der Waals surface area contributed by atoms with Crippen molar-refractivity contribution >= 4 is 58.5 Å². The second kappa shape index (κ2) is 22.7. The largest absolute Gasteiger partial charge is 0.463 e. The van der Waals surface area contributed by atoms with Crippen molar-refractivity contribution in [3.63, 3.8) is 0 Å². The molecule has 2 aromatic heterocycles. The highest BCUT2D eigenvalue weighted by molar-refractivity contribution is 7.13. The lowest BCUT2D eigenvalue weighted by molar-refractivity contribution is -0.145. The second-order valence-corrected chi connectivity index (χ2v) is 20.6. The summed E-state index contributed by atoms with van der Waals surface area (Å²) in [5.74, 6) is -1.03. The van der Waals surface area contributed by atoms with E-state index in [0.29, 0.717) is 56.7 Å². The number of carbonyl (C=O) groups is 4. The Hall–Kier alpha value is -6.83. The van der Waals surface area contributed by atoms with Crippen molar-refractivity contribution in [2.75, 3.05) is 55.1 Å². The maximum atomic E-state index is 14.8. The van der Waals surface area contributed by atoms with Crippen LogP contribution in [0.4, 0.5) is 21.7 Å². The van der Waals surface area contributed by atoms with E-state index in [1.165, 1.54) is 16.2 Å². The average molecular weight is 1000 g/mol. The first-order valence-corrected chi connectivity index (χ1v) is 25.3. The number of ether oxygens (including phenoxy) is 2. The van der Waals surface area contributed by atoms with Gasteiger partial charge >= 0.3 is 6.01 Å². The normalized spacial score (nSPS) is 18.3. The Balaban J connectivity index is 0.894. The number of aliphatic hydroxyl groups excluding tert-OH is 1. The van der Waals surface area contributed by atoms with Gasteiger partial charge in [-0.25, -0.2) is 9.37 Å². The van der Waals surface area contributed by atoms with Crippen molar-refractivity contribution < 1.29 is 38.1 Å². The topological polar surface area (TPSA) is 213 Å². The number of likely N-dealkylation sites (tertiary alicyclic amines) is 1. The van der Waals surface area contributed by atoms with Gasteiger partial charge in [0, 0.05) is 50.7 Å². The summed E-state index contributed by atoms with van der Waals surface area (Å²) in [6.07, 6.45) is 1.65. The van der Waals surface area contributed by atoms with Crippen LogP contribution in [0.25, 0.3) is 10.4 Å². The molecule has 5 aromatic rings. The molecule has 72 heavy (non-hydrogen) atoms. The number of β-amino-alcohol motifs (C(OH)–C–C–N with tert-alkyl or cyclic N) is 1. The molecule has 0 spiro atoms. The molecule has 4 atom stereocenters. The van der Waals surface area contributed by atoms with Gasteiger partial charge in [0.2, 0.25) is 17.7 Å². The lowest BCUT2D eigenvalue weighted by Crippen LogP contribution is -2.59. The van der Waals surface area contributed by atoms with E-state index in [1.54, 1.807) is 32.5 Å². The number of morpholine rings is 1. The third kappa shape index (κ3) is 13.4. The molecule has 8 rings (SSSR count). The fourth-order valence-corrected chi connectivity index (χ4v) is 9.49. The predicted molar refractivity (Wildman–Crippen MR) is 275 cm³/mol. The number of amides is 4. The number of anilines is 3. The number of nitrogens with one attached hydrogen (secondary N) is 4. The van der Waals surface area contributed by atoms with Gasteiger partial charge in [-0.05, 0) is 72.9 Å². The van der Waals surface area contributed by atoms with Gasteiger partial charge in [-0.15, -0.1) is 11.3 Å². The number of nitrogens with zero attached hydrogens (tertiary/aromatic N) is 6. The second-order valence-electron chi connectivity index (χ2n) is 19.7. The number of benzene rings is 3. The maximum Gasteiger partial charge on any atom is 0.320 e. The Morgan fingerprint density at radius 3 is 2.43 bits per heavy atom. The molecule has 1 aliphatic carbocycles. The number of hydrogen-bond donors (Lipinski definition) is 5. The number of aryl methyl sites for hydroxylation is 2. The van der Waals surface area contributed by atoms with E-state index < -0.39 is 53.0 Å². The lowest BCUT2D eigenvalue weighted by Gasteiger charge is -2.36. The third-order valence-electron chi connectivity index (χ3n) is 13.0. The minimum absolute atomic E-state index is 0.0342. The summed E-state index contributed by atoms with van der Waals surface area (Å²) in [7, 11) is 0. The molecular weight excluding hydrogens is 940 g/mol. The van der Waals surface area contributed by atoms with E-state index in [1.807, 2.05) is 92.7 Å². The highest BCUT2D eigenvalue weighted by atomic mass is 32.1. The molecule has 0 radical (unpaired) electrons. The summed E-state index contributed by atoms with van der Waals surface area (Å²) >= 11 is 1.52. The highest BCUT2D eigenvalue weighted by Gasteiger charge is 2.53. The van der Waals surface area contributed by atoms with E-state index in [-0.39, 0.29) is 50.6 Å². The van der Waals surface area contributed by atoms with Crippen molar-refractivity contribution in [1.82, 2.24) is 30.5 Å². The maximum absolute atomic E-state index is 14.8. The van der Waals surface area contributed by atoms with Gasteiger partial charge in [-0.3, -0.25) is 24.6 Å². The Labute approximate surface area is 423 Å². The quantitative estimate of drug-likeness (QED) is 0.0433. The molecule has 0 bridgehead atoms. The summed E-state index contributed by atoms with van der Waals surface area (Å²) in [5, 5.41) is 23.9. The molecule has 2 aliphatic heterocycles. The molecule has 1 saturated carbocycles. The summed E-state index contributed by atoms with van der Waals surface area (Å²) < 4.78 is 26.4. The van der Waals surface area contributed by atoms with E-state index >= 15 is 0 Å². The third-order valence-corrected chi connectivity index (χ3v) is 13.9. The van der Waals surface area contributed by atoms with Crippen LogP contribution in [-0.2, 0) is 30.3 Å². The molecule has 4 amide bonds. The summed E-state index contributed by atoms with van der Waals surface area (Å²) in [6, 6.07) is 22.3. The van der Waals surface area contributed by atoms with E-state index in [4.69, 9.17) is 9.47 Å². The predicted octanol–water partition coefficient (Wildman–Crippen LogP) is 6.69. The molecule has 0 unspecified atom stereocenters. The van der Waals surface area contributed by atoms with Gasteiger partial charge in [0.05, 0.1) is 54.3 Å². The van der Waals surface area contributed by atoms with Crippen molar-refractivity contribution in [2.45, 2.75) is 103 Å². The van der Waals surface area contributed by atoms with Crippen LogP contribution in [0.3, 0.4) is 0 Å². The Bertz CT molecular complexity index is 2740. The summed E-state index contributed by atoms with van der Waals surface area (Å²) in [4.78, 5) is 72.8. The number of halogens is 1. The zero-order valence-electron chi connectivity index (χ0n) is 41.3. The smallest absolute Gasteiger partial charge is 0.320 e. The van der Waals surface area contributed by atoms with Crippen LogP contribution in [0.2, 0.25) is 0 Å². The number of hydrazone groups is 1. The Kier molecular flexibility index (Phi) is 16.3. The number of carbonyl (C=O) groups excluding carboxylic acids is 4. The molecule has 5 N–H and O–H groups in total. The lowest BCUT2D eigenvalue weighted by atomic mass is 9.85. The first-order chi connectivity index (χ1) is 34.5. The zero-order valence-corrected chi connectivity index (χ0v) is 42.1. The van der Waals surface area contributed by atoms with Crippen LogP contribution in [-0.4, -0.2) is 118 Å². The molecular formula is C53H63FN10O7S. The van der Waals surface area contributed by atoms with Crippen molar-refractivity contribution in [3.8, 4) is 16.5 Å². The van der Waals surface area contributed by atoms with E-state index in [9.17, 15) is 28.7 Å². The number of aliphatic hydroxyl groups is 1. The van der Waals surface area contributed by atoms with Gasteiger partial charge in [0.1, 0.15) is 17.9 Å².